The Hall–Kier alpha value is -4.34. The number of rotatable bonds is 7. The first-order valence-corrected chi connectivity index (χ1v) is 11.5. The summed E-state index contributed by atoms with van der Waals surface area (Å²) in [6.07, 6.45) is 0. The standard InChI is InChI=1S/C31H27N3/c32-22-23-8-7-9-25(20-23)31-21-29(34-27-12-5-2-6-13-27)18-19-30(31)24-14-16-28(17-15-24)33-26-10-3-1-4-11-26/h1-21,33-34H,22,32H2. The van der Waals surface area contributed by atoms with Crippen molar-refractivity contribution in [1.82, 2.24) is 0 Å². The highest BCUT2D eigenvalue weighted by Gasteiger charge is 2.10. The molecule has 34 heavy (non-hydrogen) atoms. The van der Waals surface area contributed by atoms with E-state index in [1.165, 1.54) is 11.1 Å². The topological polar surface area (TPSA) is 50.1 Å². The van der Waals surface area contributed by atoms with Crippen molar-refractivity contribution in [3.63, 3.8) is 0 Å². The van der Waals surface area contributed by atoms with Crippen molar-refractivity contribution >= 4 is 22.7 Å². The second-order valence-corrected chi connectivity index (χ2v) is 8.22. The number of nitrogens with two attached hydrogens (primary N) is 1. The third-order valence-corrected chi connectivity index (χ3v) is 5.81. The maximum Gasteiger partial charge on any atom is 0.0390 e. The van der Waals surface area contributed by atoms with E-state index in [2.05, 4.69) is 102 Å². The summed E-state index contributed by atoms with van der Waals surface area (Å²) in [4.78, 5) is 0. The molecule has 0 amide bonds. The van der Waals surface area contributed by atoms with Crippen molar-refractivity contribution in [2.45, 2.75) is 6.54 Å². The van der Waals surface area contributed by atoms with Crippen LogP contribution in [0.25, 0.3) is 22.3 Å². The Kier molecular flexibility index (Phi) is 6.37. The van der Waals surface area contributed by atoms with Gasteiger partial charge in [0.05, 0.1) is 0 Å². The second-order valence-electron chi connectivity index (χ2n) is 8.22. The Morgan fingerprint density at radius 3 is 1.68 bits per heavy atom. The maximum atomic E-state index is 5.94. The number of benzene rings is 5. The van der Waals surface area contributed by atoms with Crippen LogP contribution in [0.2, 0.25) is 0 Å². The van der Waals surface area contributed by atoms with Crippen molar-refractivity contribution in [1.29, 1.82) is 0 Å². The van der Waals surface area contributed by atoms with Crippen LogP contribution >= 0.6 is 0 Å². The molecule has 0 saturated carbocycles. The Bertz CT molecular complexity index is 1360. The molecule has 5 aromatic rings. The van der Waals surface area contributed by atoms with Crippen molar-refractivity contribution in [2.75, 3.05) is 10.6 Å². The van der Waals surface area contributed by atoms with Gasteiger partial charge in [0.25, 0.3) is 0 Å². The van der Waals surface area contributed by atoms with Crippen molar-refractivity contribution < 1.29 is 0 Å². The second kappa shape index (κ2) is 10.1. The first-order valence-electron chi connectivity index (χ1n) is 11.5. The smallest absolute Gasteiger partial charge is 0.0390 e. The van der Waals surface area contributed by atoms with Gasteiger partial charge in [-0.2, -0.15) is 0 Å². The molecule has 0 heterocycles. The first-order chi connectivity index (χ1) is 16.8. The Labute approximate surface area is 200 Å². The number of anilines is 4. The third-order valence-electron chi connectivity index (χ3n) is 5.81. The van der Waals surface area contributed by atoms with Gasteiger partial charge in [-0.1, -0.05) is 72.8 Å². The third kappa shape index (κ3) is 5.01. The van der Waals surface area contributed by atoms with Gasteiger partial charge in [-0.3, -0.25) is 0 Å². The highest BCUT2D eigenvalue weighted by atomic mass is 14.9. The van der Waals surface area contributed by atoms with Crippen LogP contribution in [-0.4, -0.2) is 0 Å². The van der Waals surface area contributed by atoms with Gasteiger partial charge in [0.15, 0.2) is 0 Å². The summed E-state index contributed by atoms with van der Waals surface area (Å²) < 4.78 is 0. The van der Waals surface area contributed by atoms with Gasteiger partial charge in [0.2, 0.25) is 0 Å². The summed E-state index contributed by atoms with van der Waals surface area (Å²) in [6, 6.07) is 44.0. The molecule has 0 radical (unpaired) electrons. The Balaban J connectivity index is 1.51. The molecule has 0 atom stereocenters. The molecule has 166 valence electrons. The molecule has 0 unspecified atom stereocenters. The molecule has 0 bridgehead atoms. The molecular formula is C31H27N3. The summed E-state index contributed by atoms with van der Waals surface area (Å²) in [5, 5.41) is 6.98. The molecule has 0 aliphatic heterocycles. The fraction of sp³-hybridized carbons (Fsp3) is 0.0323. The molecule has 4 N–H and O–H groups in total. The lowest BCUT2D eigenvalue weighted by molar-refractivity contribution is 1.07. The molecule has 5 rings (SSSR count). The van der Waals surface area contributed by atoms with Gasteiger partial charge < -0.3 is 16.4 Å². The summed E-state index contributed by atoms with van der Waals surface area (Å²) >= 11 is 0. The molecule has 5 aromatic carbocycles. The monoisotopic (exact) mass is 441 g/mol. The van der Waals surface area contributed by atoms with Crippen molar-refractivity contribution in [3.05, 3.63) is 133 Å². The molecule has 0 saturated heterocycles. The molecule has 3 nitrogen and oxygen atoms in total. The molecule has 0 aliphatic rings. The minimum Gasteiger partial charge on any atom is -0.356 e. The SMILES string of the molecule is NCc1cccc(-c2cc(Nc3ccccc3)ccc2-c2ccc(Nc3ccccc3)cc2)c1. The largest absolute Gasteiger partial charge is 0.356 e. The van der Waals surface area contributed by atoms with Crippen molar-refractivity contribution in [3.8, 4) is 22.3 Å². The average Bonchev–Trinajstić information content (AvgIpc) is 2.90. The molecular weight excluding hydrogens is 414 g/mol. The lowest BCUT2D eigenvalue weighted by Gasteiger charge is -2.15. The molecule has 0 aliphatic carbocycles. The summed E-state index contributed by atoms with van der Waals surface area (Å²) in [7, 11) is 0. The Morgan fingerprint density at radius 2 is 1.03 bits per heavy atom. The van der Waals surface area contributed by atoms with E-state index in [9.17, 15) is 0 Å². The van der Waals surface area contributed by atoms with Crippen LogP contribution in [0.1, 0.15) is 5.56 Å². The van der Waals surface area contributed by atoms with E-state index in [-0.39, 0.29) is 0 Å². The molecule has 3 heteroatoms. The van der Waals surface area contributed by atoms with Gasteiger partial charge in [-0.05, 0) is 82.4 Å². The molecule has 0 aromatic heterocycles. The number of para-hydroxylation sites is 2. The highest BCUT2D eigenvalue weighted by Crippen LogP contribution is 2.36. The minimum atomic E-state index is 0.519. The lowest BCUT2D eigenvalue weighted by atomic mass is 9.93. The lowest BCUT2D eigenvalue weighted by Crippen LogP contribution is -1.97. The maximum absolute atomic E-state index is 5.94. The average molecular weight is 442 g/mol. The number of hydrogen-bond donors (Lipinski definition) is 3. The van der Waals surface area contributed by atoms with Gasteiger partial charge in [0, 0.05) is 29.3 Å². The van der Waals surface area contributed by atoms with E-state index in [4.69, 9.17) is 5.73 Å². The van der Waals surface area contributed by atoms with E-state index in [1.807, 2.05) is 36.4 Å². The zero-order chi connectivity index (χ0) is 23.2. The van der Waals surface area contributed by atoms with Gasteiger partial charge >= 0.3 is 0 Å². The highest BCUT2D eigenvalue weighted by molar-refractivity contribution is 5.87. The van der Waals surface area contributed by atoms with Gasteiger partial charge in [0.1, 0.15) is 0 Å². The fourth-order valence-corrected chi connectivity index (χ4v) is 4.09. The van der Waals surface area contributed by atoms with Crippen LogP contribution in [0.3, 0.4) is 0 Å². The van der Waals surface area contributed by atoms with E-state index >= 15 is 0 Å². The number of nitrogens with one attached hydrogen (secondary N) is 2. The van der Waals surface area contributed by atoms with Crippen LogP contribution in [0.4, 0.5) is 22.7 Å². The molecule has 0 spiro atoms. The summed E-state index contributed by atoms with van der Waals surface area (Å²) in [5.41, 5.74) is 16.0. The summed E-state index contributed by atoms with van der Waals surface area (Å²) in [5.74, 6) is 0. The zero-order valence-electron chi connectivity index (χ0n) is 18.9. The Morgan fingerprint density at radius 1 is 0.441 bits per heavy atom. The first kappa shape index (κ1) is 21.5. The van der Waals surface area contributed by atoms with Gasteiger partial charge in [-0.15, -0.1) is 0 Å². The van der Waals surface area contributed by atoms with Crippen LogP contribution in [0.5, 0.6) is 0 Å². The summed E-state index contributed by atoms with van der Waals surface area (Å²) in [6.45, 7) is 0.519. The quantitative estimate of drug-likeness (QED) is 0.240. The van der Waals surface area contributed by atoms with Crippen LogP contribution < -0.4 is 16.4 Å². The zero-order valence-corrected chi connectivity index (χ0v) is 18.9. The predicted molar refractivity (Wildman–Crippen MR) is 145 cm³/mol. The predicted octanol–water partition coefficient (Wildman–Crippen LogP) is 7.97. The van der Waals surface area contributed by atoms with E-state index in [0.29, 0.717) is 6.54 Å². The molecule has 0 fully saturated rings. The van der Waals surface area contributed by atoms with Gasteiger partial charge in [-0.25, -0.2) is 0 Å². The minimum absolute atomic E-state index is 0.519. The van der Waals surface area contributed by atoms with E-state index in [0.717, 1.165) is 39.4 Å². The van der Waals surface area contributed by atoms with Crippen LogP contribution in [-0.2, 0) is 6.54 Å². The van der Waals surface area contributed by atoms with E-state index in [1.54, 1.807) is 0 Å². The van der Waals surface area contributed by atoms with Crippen LogP contribution in [0.15, 0.2) is 127 Å². The fourth-order valence-electron chi connectivity index (χ4n) is 4.09. The van der Waals surface area contributed by atoms with E-state index < -0.39 is 0 Å². The normalized spacial score (nSPS) is 10.6. The van der Waals surface area contributed by atoms with Crippen LogP contribution in [0, 0.1) is 0 Å². The van der Waals surface area contributed by atoms with Crippen molar-refractivity contribution in [2.24, 2.45) is 5.73 Å². The number of hydrogen-bond acceptors (Lipinski definition) is 3.